The summed E-state index contributed by atoms with van der Waals surface area (Å²) >= 11 is 0. The van der Waals surface area contributed by atoms with E-state index in [1.807, 2.05) is 24.3 Å². The molecule has 18 heavy (non-hydrogen) atoms. The van der Waals surface area contributed by atoms with Gasteiger partial charge in [-0.05, 0) is 23.3 Å². The van der Waals surface area contributed by atoms with Crippen LogP contribution in [-0.4, -0.2) is 6.61 Å². The van der Waals surface area contributed by atoms with E-state index in [9.17, 15) is 4.39 Å². The van der Waals surface area contributed by atoms with Crippen molar-refractivity contribution in [3.63, 3.8) is 0 Å². The van der Waals surface area contributed by atoms with Crippen LogP contribution in [0.3, 0.4) is 0 Å². The zero-order chi connectivity index (χ0) is 12.4. The van der Waals surface area contributed by atoms with E-state index in [1.54, 1.807) is 12.1 Å². The van der Waals surface area contributed by atoms with Gasteiger partial charge in [-0.1, -0.05) is 36.4 Å². The summed E-state index contributed by atoms with van der Waals surface area (Å²) in [4.78, 5) is 0. The molecule has 0 fully saturated rings. The summed E-state index contributed by atoms with van der Waals surface area (Å²) in [7, 11) is 0. The lowest BCUT2D eigenvalue weighted by molar-refractivity contribution is 0.0969. The predicted molar refractivity (Wildman–Crippen MR) is 68.9 cm³/mol. The third kappa shape index (κ3) is 2.09. The Bertz CT molecular complexity index is 556. The maximum absolute atomic E-state index is 13.6. The Morgan fingerprint density at radius 3 is 2.72 bits per heavy atom. The maximum Gasteiger partial charge on any atom is 0.146 e. The Kier molecular flexibility index (Phi) is 2.99. The van der Waals surface area contributed by atoms with Gasteiger partial charge in [0.15, 0.2) is 0 Å². The molecular weight excluding hydrogens is 229 g/mol. The van der Waals surface area contributed by atoms with Crippen molar-refractivity contribution in [2.24, 2.45) is 0 Å². The number of ether oxygens (including phenoxy) is 1. The third-order valence-corrected chi connectivity index (χ3v) is 3.18. The molecule has 0 spiro atoms. The van der Waals surface area contributed by atoms with Crippen LogP contribution in [0.5, 0.6) is 0 Å². The maximum atomic E-state index is 13.6. The molecule has 1 atom stereocenters. The Labute approximate surface area is 105 Å². The molecular formula is C15H14FNO. The van der Waals surface area contributed by atoms with E-state index in [1.165, 1.54) is 11.6 Å². The van der Waals surface area contributed by atoms with Gasteiger partial charge in [0.1, 0.15) is 5.82 Å². The standard InChI is InChI=1S/C15H14FNO/c16-13-7-3-4-8-14(13)17-15-10-18-9-11-5-1-2-6-12(11)15/h1-8,15,17H,9-10H2. The molecule has 0 aromatic heterocycles. The average Bonchev–Trinajstić information content (AvgIpc) is 2.42. The monoisotopic (exact) mass is 243 g/mol. The minimum absolute atomic E-state index is 0.00634. The highest BCUT2D eigenvalue weighted by atomic mass is 19.1. The number of nitrogens with one attached hydrogen (secondary N) is 1. The van der Waals surface area contributed by atoms with Gasteiger partial charge in [-0.2, -0.15) is 0 Å². The number of hydrogen-bond acceptors (Lipinski definition) is 2. The number of benzene rings is 2. The van der Waals surface area contributed by atoms with Crippen molar-refractivity contribution >= 4 is 5.69 Å². The molecule has 2 nitrogen and oxygen atoms in total. The Balaban J connectivity index is 1.89. The van der Waals surface area contributed by atoms with Gasteiger partial charge in [0.2, 0.25) is 0 Å². The summed E-state index contributed by atoms with van der Waals surface area (Å²) in [5.41, 5.74) is 2.87. The zero-order valence-electron chi connectivity index (χ0n) is 9.90. The first kappa shape index (κ1) is 11.2. The number of fused-ring (bicyclic) bond motifs is 1. The van der Waals surface area contributed by atoms with Crippen LogP contribution in [0.15, 0.2) is 48.5 Å². The van der Waals surface area contributed by atoms with E-state index in [0.29, 0.717) is 18.9 Å². The molecule has 0 bridgehead atoms. The molecule has 0 saturated carbocycles. The summed E-state index contributed by atoms with van der Waals surface area (Å²) in [5.74, 6) is -0.236. The number of para-hydroxylation sites is 1. The van der Waals surface area contributed by atoms with Crippen molar-refractivity contribution in [1.29, 1.82) is 0 Å². The van der Waals surface area contributed by atoms with E-state index in [0.717, 1.165) is 5.56 Å². The summed E-state index contributed by atoms with van der Waals surface area (Å²) < 4.78 is 19.2. The molecule has 2 aromatic carbocycles. The lowest BCUT2D eigenvalue weighted by Crippen LogP contribution is -2.23. The van der Waals surface area contributed by atoms with Crippen LogP contribution in [0, 0.1) is 5.82 Å². The van der Waals surface area contributed by atoms with Crippen LogP contribution in [0.25, 0.3) is 0 Å². The van der Waals surface area contributed by atoms with Gasteiger partial charge >= 0.3 is 0 Å². The van der Waals surface area contributed by atoms with E-state index in [2.05, 4.69) is 11.4 Å². The predicted octanol–water partition coefficient (Wildman–Crippen LogP) is 3.51. The van der Waals surface area contributed by atoms with Crippen LogP contribution < -0.4 is 5.32 Å². The van der Waals surface area contributed by atoms with Gasteiger partial charge in [0, 0.05) is 0 Å². The molecule has 0 aliphatic carbocycles. The quantitative estimate of drug-likeness (QED) is 0.871. The van der Waals surface area contributed by atoms with Gasteiger partial charge in [-0.25, -0.2) is 4.39 Å². The first-order valence-corrected chi connectivity index (χ1v) is 6.01. The summed E-state index contributed by atoms with van der Waals surface area (Å²) in [6.07, 6.45) is 0. The Hall–Kier alpha value is -1.87. The van der Waals surface area contributed by atoms with Crippen LogP contribution in [0.1, 0.15) is 17.2 Å². The van der Waals surface area contributed by atoms with Crippen LogP contribution in [-0.2, 0) is 11.3 Å². The van der Waals surface area contributed by atoms with Crippen molar-refractivity contribution in [2.45, 2.75) is 12.6 Å². The van der Waals surface area contributed by atoms with Gasteiger partial charge in [0.05, 0.1) is 24.9 Å². The lowest BCUT2D eigenvalue weighted by atomic mass is 9.99. The van der Waals surface area contributed by atoms with Crippen molar-refractivity contribution < 1.29 is 9.13 Å². The van der Waals surface area contributed by atoms with E-state index >= 15 is 0 Å². The summed E-state index contributed by atoms with van der Waals surface area (Å²) in [6.45, 7) is 1.19. The highest BCUT2D eigenvalue weighted by Gasteiger charge is 2.20. The lowest BCUT2D eigenvalue weighted by Gasteiger charge is -2.27. The molecule has 1 aliphatic rings. The molecule has 1 heterocycles. The van der Waals surface area contributed by atoms with Crippen LogP contribution >= 0.6 is 0 Å². The van der Waals surface area contributed by atoms with Crippen molar-refractivity contribution in [2.75, 3.05) is 11.9 Å². The second-order valence-electron chi connectivity index (χ2n) is 4.39. The Morgan fingerprint density at radius 2 is 1.83 bits per heavy atom. The van der Waals surface area contributed by atoms with Gasteiger partial charge in [-0.3, -0.25) is 0 Å². The molecule has 3 heteroatoms. The molecule has 0 radical (unpaired) electrons. The topological polar surface area (TPSA) is 21.3 Å². The molecule has 0 amide bonds. The number of anilines is 1. The summed E-state index contributed by atoms with van der Waals surface area (Å²) in [6, 6.07) is 14.8. The number of halogens is 1. The van der Waals surface area contributed by atoms with Crippen molar-refractivity contribution in [3.8, 4) is 0 Å². The van der Waals surface area contributed by atoms with Crippen molar-refractivity contribution in [3.05, 3.63) is 65.5 Å². The fraction of sp³-hybridized carbons (Fsp3) is 0.200. The molecule has 1 aliphatic heterocycles. The second kappa shape index (κ2) is 4.78. The normalized spacial score (nSPS) is 18.2. The van der Waals surface area contributed by atoms with Gasteiger partial charge < -0.3 is 10.1 Å². The van der Waals surface area contributed by atoms with E-state index in [4.69, 9.17) is 4.74 Å². The van der Waals surface area contributed by atoms with Crippen LogP contribution in [0.4, 0.5) is 10.1 Å². The molecule has 0 saturated heterocycles. The second-order valence-corrected chi connectivity index (χ2v) is 4.39. The first-order chi connectivity index (χ1) is 8.84. The largest absolute Gasteiger partial charge is 0.374 e. The first-order valence-electron chi connectivity index (χ1n) is 6.01. The minimum atomic E-state index is -0.236. The third-order valence-electron chi connectivity index (χ3n) is 3.18. The van der Waals surface area contributed by atoms with Gasteiger partial charge in [0.25, 0.3) is 0 Å². The SMILES string of the molecule is Fc1ccccc1NC1COCc2ccccc21. The number of hydrogen-bond donors (Lipinski definition) is 1. The minimum Gasteiger partial charge on any atom is -0.374 e. The number of rotatable bonds is 2. The highest BCUT2D eigenvalue weighted by Crippen LogP contribution is 2.28. The summed E-state index contributed by atoms with van der Waals surface area (Å²) in [5, 5.41) is 3.21. The molecule has 2 aromatic rings. The highest BCUT2D eigenvalue weighted by molar-refractivity contribution is 5.48. The Morgan fingerprint density at radius 1 is 1.06 bits per heavy atom. The fourth-order valence-corrected chi connectivity index (χ4v) is 2.27. The molecule has 92 valence electrons. The molecule has 3 rings (SSSR count). The molecule has 1 N–H and O–H groups in total. The smallest absolute Gasteiger partial charge is 0.146 e. The zero-order valence-corrected chi connectivity index (χ0v) is 9.90. The van der Waals surface area contributed by atoms with E-state index < -0.39 is 0 Å². The van der Waals surface area contributed by atoms with Gasteiger partial charge in [-0.15, -0.1) is 0 Å². The van der Waals surface area contributed by atoms with Crippen molar-refractivity contribution in [1.82, 2.24) is 0 Å². The van der Waals surface area contributed by atoms with Crippen LogP contribution in [0.2, 0.25) is 0 Å². The fourth-order valence-electron chi connectivity index (χ4n) is 2.27. The average molecular weight is 243 g/mol. The van der Waals surface area contributed by atoms with E-state index in [-0.39, 0.29) is 11.9 Å². The molecule has 1 unspecified atom stereocenters.